The molecule has 0 unspecified atom stereocenters. The number of nitrogens with one attached hydrogen (secondary N) is 1. The highest BCUT2D eigenvalue weighted by Gasteiger charge is 2.20. The van der Waals surface area contributed by atoms with Gasteiger partial charge in [0.05, 0.1) is 5.25 Å². The van der Waals surface area contributed by atoms with Crippen LogP contribution in [0.15, 0.2) is 53.7 Å². The first-order chi connectivity index (χ1) is 13.0. The lowest BCUT2D eigenvalue weighted by atomic mass is 10.1. The van der Waals surface area contributed by atoms with E-state index in [1.54, 1.807) is 0 Å². The molecule has 27 heavy (non-hydrogen) atoms. The van der Waals surface area contributed by atoms with Crippen molar-refractivity contribution in [3.05, 3.63) is 59.7 Å². The van der Waals surface area contributed by atoms with E-state index in [-0.39, 0.29) is 11.2 Å². The third-order valence-electron chi connectivity index (χ3n) is 4.50. The van der Waals surface area contributed by atoms with Crippen LogP contribution >= 0.6 is 11.8 Å². The molecule has 0 saturated carbocycles. The van der Waals surface area contributed by atoms with Crippen LogP contribution in [0.25, 0.3) is 11.4 Å². The maximum atomic E-state index is 12.5. The van der Waals surface area contributed by atoms with Crippen molar-refractivity contribution in [1.82, 2.24) is 14.8 Å². The highest BCUT2D eigenvalue weighted by Crippen LogP contribution is 2.27. The fraction of sp³-hybridized carbons (Fsp3) is 0.286. The summed E-state index contributed by atoms with van der Waals surface area (Å²) in [4.78, 5) is 12.5. The zero-order valence-corrected chi connectivity index (χ0v) is 16.9. The number of aryl methyl sites for hydroxylation is 2. The van der Waals surface area contributed by atoms with Gasteiger partial charge in [-0.2, -0.15) is 0 Å². The highest BCUT2D eigenvalue weighted by molar-refractivity contribution is 8.00. The summed E-state index contributed by atoms with van der Waals surface area (Å²) < 4.78 is 1.94. The van der Waals surface area contributed by atoms with Crippen LogP contribution in [0, 0.1) is 6.92 Å². The average Bonchev–Trinajstić information content (AvgIpc) is 3.03. The summed E-state index contributed by atoms with van der Waals surface area (Å²) in [6.45, 7) is 6.04. The van der Waals surface area contributed by atoms with Gasteiger partial charge in [-0.05, 0) is 43.5 Å². The summed E-state index contributed by atoms with van der Waals surface area (Å²) in [5.41, 5.74) is 4.25. The predicted octanol–water partition coefficient (Wildman–Crippen LogP) is 4.47. The Kier molecular flexibility index (Phi) is 5.96. The second-order valence-electron chi connectivity index (χ2n) is 6.48. The molecule has 0 bridgehead atoms. The molecule has 3 aromatic rings. The SMILES string of the molecule is CCc1ccc(NC(=O)[C@@H](C)Sc2nnc(-c3ccccc3C)n2C)cc1. The number of benzene rings is 2. The quantitative estimate of drug-likeness (QED) is 0.641. The minimum absolute atomic E-state index is 0.0512. The molecule has 0 aliphatic heterocycles. The lowest BCUT2D eigenvalue weighted by Crippen LogP contribution is -2.22. The molecule has 0 radical (unpaired) electrons. The van der Waals surface area contributed by atoms with E-state index in [0.29, 0.717) is 0 Å². The molecule has 0 saturated heterocycles. The highest BCUT2D eigenvalue weighted by atomic mass is 32.2. The van der Waals surface area contributed by atoms with Gasteiger partial charge in [0, 0.05) is 18.3 Å². The van der Waals surface area contributed by atoms with Crippen molar-refractivity contribution in [2.75, 3.05) is 5.32 Å². The van der Waals surface area contributed by atoms with Crippen LogP contribution in [0.5, 0.6) is 0 Å². The molecule has 0 aliphatic rings. The van der Waals surface area contributed by atoms with Crippen molar-refractivity contribution in [2.45, 2.75) is 37.6 Å². The van der Waals surface area contributed by atoms with E-state index in [9.17, 15) is 4.79 Å². The summed E-state index contributed by atoms with van der Waals surface area (Å²) >= 11 is 1.40. The largest absolute Gasteiger partial charge is 0.325 e. The molecule has 2 aromatic carbocycles. The van der Waals surface area contributed by atoms with Crippen LogP contribution in [-0.2, 0) is 18.3 Å². The summed E-state index contributed by atoms with van der Waals surface area (Å²) in [7, 11) is 1.93. The van der Waals surface area contributed by atoms with Gasteiger partial charge in [-0.25, -0.2) is 0 Å². The van der Waals surface area contributed by atoms with E-state index < -0.39 is 0 Å². The Hall–Kier alpha value is -2.60. The van der Waals surface area contributed by atoms with E-state index in [2.05, 4.69) is 35.4 Å². The normalized spacial score (nSPS) is 12.0. The molecule has 1 atom stereocenters. The van der Waals surface area contributed by atoms with Crippen LogP contribution in [-0.4, -0.2) is 25.9 Å². The minimum Gasteiger partial charge on any atom is -0.325 e. The van der Waals surface area contributed by atoms with Crippen LogP contribution in [0.1, 0.15) is 25.0 Å². The van der Waals surface area contributed by atoms with Crippen molar-refractivity contribution in [3.63, 3.8) is 0 Å². The van der Waals surface area contributed by atoms with Gasteiger partial charge in [0.25, 0.3) is 0 Å². The fourth-order valence-corrected chi connectivity index (χ4v) is 3.57. The predicted molar refractivity (Wildman–Crippen MR) is 111 cm³/mol. The maximum absolute atomic E-state index is 12.5. The zero-order chi connectivity index (χ0) is 19.4. The first-order valence-corrected chi connectivity index (χ1v) is 9.89. The maximum Gasteiger partial charge on any atom is 0.237 e. The third-order valence-corrected chi connectivity index (χ3v) is 5.64. The van der Waals surface area contributed by atoms with E-state index in [0.717, 1.165) is 34.2 Å². The second kappa shape index (κ2) is 8.39. The fourth-order valence-electron chi connectivity index (χ4n) is 2.76. The molecule has 1 N–H and O–H groups in total. The smallest absolute Gasteiger partial charge is 0.237 e. The Morgan fingerprint density at radius 2 is 1.85 bits per heavy atom. The lowest BCUT2D eigenvalue weighted by molar-refractivity contribution is -0.115. The molecule has 3 rings (SSSR count). The molecule has 0 aliphatic carbocycles. The monoisotopic (exact) mass is 380 g/mol. The second-order valence-corrected chi connectivity index (χ2v) is 7.79. The number of hydrogen-bond donors (Lipinski definition) is 1. The number of rotatable bonds is 6. The molecule has 1 aromatic heterocycles. The minimum atomic E-state index is -0.288. The van der Waals surface area contributed by atoms with Crippen molar-refractivity contribution >= 4 is 23.4 Å². The van der Waals surface area contributed by atoms with Gasteiger partial charge in [-0.3, -0.25) is 4.79 Å². The number of anilines is 1. The molecule has 6 heteroatoms. The molecular formula is C21H24N4OS. The molecule has 5 nitrogen and oxygen atoms in total. The van der Waals surface area contributed by atoms with E-state index in [1.165, 1.54) is 17.3 Å². The van der Waals surface area contributed by atoms with Crippen molar-refractivity contribution < 1.29 is 4.79 Å². The summed E-state index contributed by atoms with van der Waals surface area (Å²) in [5, 5.41) is 12.0. The van der Waals surface area contributed by atoms with Gasteiger partial charge in [0.2, 0.25) is 5.91 Å². The van der Waals surface area contributed by atoms with Crippen LogP contribution in [0.2, 0.25) is 0 Å². The van der Waals surface area contributed by atoms with Gasteiger partial charge in [0.15, 0.2) is 11.0 Å². The zero-order valence-electron chi connectivity index (χ0n) is 16.1. The van der Waals surface area contributed by atoms with Crippen molar-refractivity contribution in [1.29, 1.82) is 0 Å². The summed E-state index contributed by atoms with van der Waals surface area (Å²) in [6.07, 6.45) is 0.982. The van der Waals surface area contributed by atoms with E-state index in [4.69, 9.17) is 0 Å². The van der Waals surface area contributed by atoms with E-state index >= 15 is 0 Å². The van der Waals surface area contributed by atoms with Gasteiger partial charge in [-0.15, -0.1) is 10.2 Å². The van der Waals surface area contributed by atoms with Gasteiger partial charge >= 0.3 is 0 Å². The van der Waals surface area contributed by atoms with Gasteiger partial charge < -0.3 is 9.88 Å². The molecule has 0 fully saturated rings. The van der Waals surface area contributed by atoms with Crippen molar-refractivity contribution in [3.8, 4) is 11.4 Å². The first-order valence-electron chi connectivity index (χ1n) is 9.01. The van der Waals surface area contributed by atoms with Crippen LogP contribution in [0.4, 0.5) is 5.69 Å². The summed E-state index contributed by atoms with van der Waals surface area (Å²) in [6, 6.07) is 16.0. The molecule has 1 heterocycles. The Morgan fingerprint density at radius 3 is 2.52 bits per heavy atom. The standard InChI is InChI=1S/C21H24N4OS/c1-5-16-10-12-17(13-11-16)22-20(26)15(3)27-21-24-23-19(25(21)4)18-9-7-6-8-14(18)2/h6-13,15H,5H2,1-4H3,(H,22,26)/t15-/m1/s1. The molecule has 140 valence electrons. The van der Waals surface area contributed by atoms with Crippen LogP contribution < -0.4 is 5.32 Å². The number of amides is 1. The first kappa shape index (κ1) is 19.2. The molecular weight excluding hydrogens is 356 g/mol. The summed E-state index contributed by atoms with van der Waals surface area (Å²) in [5.74, 6) is 0.753. The molecule has 1 amide bonds. The lowest BCUT2D eigenvalue weighted by Gasteiger charge is -2.12. The third kappa shape index (κ3) is 4.39. The van der Waals surface area contributed by atoms with E-state index in [1.807, 2.05) is 61.0 Å². The Morgan fingerprint density at radius 1 is 1.15 bits per heavy atom. The topological polar surface area (TPSA) is 59.8 Å². The van der Waals surface area contributed by atoms with Crippen molar-refractivity contribution in [2.24, 2.45) is 7.05 Å². The number of aromatic nitrogens is 3. The number of carbonyl (C=O) groups excluding carboxylic acids is 1. The number of carbonyl (C=O) groups is 1. The Balaban J connectivity index is 1.69. The number of hydrogen-bond acceptors (Lipinski definition) is 4. The Bertz CT molecular complexity index is 934. The number of nitrogens with zero attached hydrogens (tertiary/aromatic N) is 3. The van der Waals surface area contributed by atoms with Gasteiger partial charge in [-0.1, -0.05) is 55.1 Å². The average molecular weight is 381 g/mol. The van der Waals surface area contributed by atoms with Crippen LogP contribution in [0.3, 0.4) is 0 Å². The Labute approximate surface area is 164 Å². The number of thioether (sulfide) groups is 1. The van der Waals surface area contributed by atoms with Gasteiger partial charge in [0.1, 0.15) is 0 Å². The molecule has 0 spiro atoms.